The van der Waals surface area contributed by atoms with Crippen LogP contribution in [-0.4, -0.2) is 38.1 Å². The average Bonchev–Trinajstić information content (AvgIpc) is 2.07. The molecule has 0 aliphatic heterocycles. The van der Waals surface area contributed by atoms with E-state index in [1.54, 1.807) is 0 Å². The molecule has 1 atom stereocenters. The van der Waals surface area contributed by atoms with E-state index in [1.807, 2.05) is 7.05 Å². The maximum Gasteiger partial charge on any atom is 0.108 e. The number of nitrogens with zero attached hydrogens (tertiary/aromatic N) is 2. The van der Waals surface area contributed by atoms with Gasteiger partial charge in [-0.25, -0.2) is 0 Å². The van der Waals surface area contributed by atoms with Gasteiger partial charge in [-0.15, -0.1) is 0 Å². The fourth-order valence-electron chi connectivity index (χ4n) is 1.70. The molecule has 0 spiro atoms. The lowest BCUT2D eigenvalue weighted by Gasteiger charge is -2.30. The lowest BCUT2D eigenvalue weighted by molar-refractivity contribution is 0.200. The zero-order valence-electron chi connectivity index (χ0n) is 8.58. The summed E-state index contributed by atoms with van der Waals surface area (Å²) in [5.41, 5.74) is 0. The zero-order valence-corrected chi connectivity index (χ0v) is 8.58. The van der Waals surface area contributed by atoms with Crippen molar-refractivity contribution in [2.45, 2.75) is 25.3 Å². The molecule has 0 saturated heterocycles. The van der Waals surface area contributed by atoms with Gasteiger partial charge in [0, 0.05) is 13.1 Å². The Hall–Kier alpha value is -0.590. The molecule has 0 bridgehead atoms. The van der Waals surface area contributed by atoms with Crippen LogP contribution in [0.4, 0.5) is 0 Å². The molecule has 1 rings (SSSR count). The Kier molecular flexibility index (Phi) is 4.20. The minimum atomic E-state index is -0.0231. The number of nitriles is 1. The topological polar surface area (TPSA) is 39.1 Å². The molecule has 1 aliphatic carbocycles. The van der Waals surface area contributed by atoms with Crippen molar-refractivity contribution in [3.63, 3.8) is 0 Å². The number of nitrogens with one attached hydrogen (secondary N) is 1. The summed E-state index contributed by atoms with van der Waals surface area (Å²) in [7, 11) is 3.94. The normalized spacial score (nSPS) is 19.5. The molecular weight excluding hydrogens is 162 g/mol. The van der Waals surface area contributed by atoms with Crippen LogP contribution in [0.3, 0.4) is 0 Å². The van der Waals surface area contributed by atoms with Gasteiger partial charge in [-0.2, -0.15) is 5.26 Å². The number of hydrogen-bond donors (Lipinski definition) is 1. The minimum absolute atomic E-state index is 0.0231. The monoisotopic (exact) mass is 181 g/mol. The summed E-state index contributed by atoms with van der Waals surface area (Å²) >= 11 is 0. The van der Waals surface area contributed by atoms with Crippen molar-refractivity contribution >= 4 is 0 Å². The smallest absolute Gasteiger partial charge is 0.108 e. The van der Waals surface area contributed by atoms with Crippen LogP contribution in [-0.2, 0) is 0 Å². The molecule has 74 valence electrons. The van der Waals surface area contributed by atoms with Crippen LogP contribution in [0.1, 0.15) is 19.3 Å². The summed E-state index contributed by atoms with van der Waals surface area (Å²) in [4.78, 5) is 2.26. The van der Waals surface area contributed by atoms with Gasteiger partial charge in [-0.05, 0) is 32.9 Å². The fourth-order valence-corrected chi connectivity index (χ4v) is 1.70. The predicted octanol–water partition coefficient (Wildman–Crippen LogP) is 0.830. The van der Waals surface area contributed by atoms with Gasteiger partial charge in [0.15, 0.2) is 0 Å². The van der Waals surface area contributed by atoms with Crippen molar-refractivity contribution in [1.82, 2.24) is 10.2 Å². The molecule has 1 saturated carbocycles. The lowest BCUT2D eigenvalue weighted by atomic mass is 9.85. The molecule has 0 amide bonds. The fraction of sp³-hybridized carbons (Fsp3) is 0.900. The van der Waals surface area contributed by atoms with Gasteiger partial charge in [-0.3, -0.25) is 0 Å². The minimum Gasteiger partial charge on any atom is -0.304 e. The molecule has 0 aromatic carbocycles. The molecule has 0 aromatic heterocycles. The van der Waals surface area contributed by atoms with E-state index in [1.165, 1.54) is 19.3 Å². The van der Waals surface area contributed by atoms with Gasteiger partial charge >= 0.3 is 0 Å². The van der Waals surface area contributed by atoms with E-state index in [0.717, 1.165) is 19.0 Å². The molecule has 13 heavy (non-hydrogen) atoms. The Bertz CT molecular complexity index is 181. The second-order valence-corrected chi connectivity index (χ2v) is 3.99. The molecule has 3 heteroatoms. The van der Waals surface area contributed by atoms with E-state index >= 15 is 0 Å². The van der Waals surface area contributed by atoms with E-state index in [4.69, 9.17) is 5.26 Å². The summed E-state index contributed by atoms with van der Waals surface area (Å²) < 4.78 is 0. The Morgan fingerprint density at radius 3 is 2.69 bits per heavy atom. The highest BCUT2D eigenvalue weighted by molar-refractivity contribution is 4.91. The SMILES string of the molecule is CNC(C#N)CN(C)CC1CCC1. The summed E-state index contributed by atoms with van der Waals surface area (Å²) in [6.07, 6.45) is 4.15. The van der Waals surface area contributed by atoms with Crippen LogP contribution < -0.4 is 5.32 Å². The highest BCUT2D eigenvalue weighted by Crippen LogP contribution is 2.26. The van der Waals surface area contributed by atoms with Gasteiger partial charge in [-0.1, -0.05) is 6.42 Å². The van der Waals surface area contributed by atoms with E-state index in [0.29, 0.717) is 0 Å². The van der Waals surface area contributed by atoms with Gasteiger partial charge < -0.3 is 10.2 Å². The van der Waals surface area contributed by atoms with Crippen LogP contribution in [0.25, 0.3) is 0 Å². The largest absolute Gasteiger partial charge is 0.304 e. The van der Waals surface area contributed by atoms with Crippen molar-refractivity contribution in [3.8, 4) is 6.07 Å². The van der Waals surface area contributed by atoms with Gasteiger partial charge in [0.2, 0.25) is 0 Å². The number of rotatable bonds is 5. The third-order valence-electron chi connectivity index (χ3n) is 2.79. The lowest BCUT2D eigenvalue weighted by Crippen LogP contribution is -2.39. The molecule has 0 aromatic rings. The Morgan fingerprint density at radius 2 is 2.31 bits per heavy atom. The molecule has 1 fully saturated rings. The quantitative estimate of drug-likeness (QED) is 0.683. The van der Waals surface area contributed by atoms with Crippen LogP contribution in [0.5, 0.6) is 0 Å². The van der Waals surface area contributed by atoms with E-state index in [2.05, 4.69) is 23.3 Å². The molecule has 0 radical (unpaired) electrons. The van der Waals surface area contributed by atoms with Crippen LogP contribution in [0, 0.1) is 17.2 Å². The summed E-state index contributed by atoms with van der Waals surface area (Å²) in [6, 6.07) is 2.22. The molecule has 0 heterocycles. The van der Waals surface area contributed by atoms with Crippen molar-refractivity contribution in [3.05, 3.63) is 0 Å². The highest BCUT2D eigenvalue weighted by Gasteiger charge is 2.19. The maximum absolute atomic E-state index is 8.74. The first-order valence-electron chi connectivity index (χ1n) is 5.01. The van der Waals surface area contributed by atoms with Crippen molar-refractivity contribution in [1.29, 1.82) is 5.26 Å². The molecule has 3 nitrogen and oxygen atoms in total. The van der Waals surface area contributed by atoms with Crippen LogP contribution in [0.2, 0.25) is 0 Å². The van der Waals surface area contributed by atoms with Gasteiger partial charge in [0.25, 0.3) is 0 Å². The van der Waals surface area contributed by atoms with Gasteiger partial charge in [0.1, 0.15) is 6.04 Å². The van der Waals surface area contributed by atoms with Crippen LogP contribution in [0.15, 0.2) is 0 Å². The Balaban J connectivity index is 2.15. The second kappa shape index (κ2) is 5.21. The van der Waals surface area contributed by atoms with Crippen LogP contribution >= 0.6 is 0 Å². The summed E-state index contributed by atoms with van der Waals surface area (Å²) in [5, 5.41) is 11.7. The summed E-state index contributed by atoms with van der Waals surface area (Å²) in [5.74, 6) is 0.890. The Morgan fingerprint density at radius 1 is 1.62 bits per heavy atom. The Labute approximate surface area is 80.7 Å². The van der Waals surface area contributed by atoms with E-state index < -0.39 is 0 Å². The standard InChI is InChI=1S/C10H19N3/c1-12-10(6-11)8-13(2)7-9-4-3-5-9/h9-10,12H,3-5,7-8H2,1-2H3. The van der Waals surface area contributed by atoms with Crippen molar-refractivity contribution in [2.24, 2.45) is 5.92 Å². The average molecular weight is 181 g/mol. The maximum atomic E-state index is 8.74. The van der Waals surface area contributed by atoms with Gasteiger partial charge in [0.05, 0.1) is 6.07 Å². The molecule has 1 unspecified atom stereocenters. The van der Waals surface area contributed by atoms with Crippen molar-refractivity contribution < 1.29 is 0 Å². The number of hydrogen-bond acceptors (Lipinski definition) is 3. The highest BCUT2D eigenvalue weighted by atomic mass is 15.1. The van der Waals surface area contributed by atoms with E-state index in [-0.39, 0.29) is 6.04 Å². The zero-order chi connectivity index (χ0) is 9.68. The number of likely N-dealkylation sites (N-methyl/N-ethyl adjacent to an activating group) is 2. The summed E-state index contributed by atoms with van der Waals surface area (Å²) in [6.45, 7) is 1.99. The second-order valence-electron chi connectivity index (χ2n) is 3.99. The first-order chi connectivity index (χ1) is 6.26. The predicted molar refractivity (Wildman–Crippen MR) is 53.3 cm³/mol. The van der Waals surface area contributed by atoms with E-state index in [9.17, 15) is 0 Å². The first-order valence-corrected chi connectivity index (χ1v) is 5.01. The molecule has 1 N–H and O–H groups in total. The molecule has 1 aliphatic rings. The third kappa shape index (κ3) is 3.33. The third-order valence-corrected chi connectivity index (χ3v) is 2.79. The first kappa shape index (κ1) is 10.5. The van der Waals surface area contributed by atoms with Crippen molar-refractivity contribution in [2.75, 3.05) is 27.2 Å². The molecular formula is C10H19N3.